The number of primary amides is 2. The number of aromatic nitrogens is 6. The lowest BCUT2D eigenvalue weighted by Gasteiger charge is -2.14. The van der Waals surface area contributed by atoms with Crippen LogP contribution in [0, 0.1) is 6.92 Å². The first-order chi connectivity index (χ1) is 23.9. The molecule has 0 aliphatic rings. The fourth-order valence-electron chi connectivity index (χ4n) is 5.71. The molecule has 3 amide bonds. The molecular weight excluding hydrogens is 642 g/mol. The molecular formula is C34H43N11O5. The van der Waals surface area contributed by atoms with Crippen LogP contribution in [0.5, 0.6) is 11.5 Å². The van der Waals surface area contributed by atoms with Gasteiger partial charge in [0, 0.05) is 44.4 Å². The number of anilines is 2. The topological polar surface area (TPSA) is 202 Å². The Balaban J connectivity index is 1.54. The largest absolute Gasteiger partial charge is 0.494 e. The summed E-state index contributed by atoms with van der Waals surface area (Å²) >= 11 is 0. The molecule has 0 spiro atoms. The van der Waals surface area contributed by atoms with Gasteiger partial charge in [-0.2, -0.15) is 5.10 Å². The number of hydrogen-bond donors (Lipinski definition) is 4. The smallest absolute Gasteiger partial charge is 0.276 e. The Hall–Kier alpha value is -5.90. The lowest BCUT2D eigenvalue weighted by molar-refractivity contribution is 0.0991. The highest BCUT2D eigenvalue weighted by molar-refractivity contribution is 6.04. The van der Waals surface area contributed by atoms with Crippen LogP contribution in [0.1, 0.15) is 50.2 Å². The number of carbonyl (C=O) groups excluding carboxylic acids is 3. The van der Waals surface area contributed by atoms with Crippen LogP contribution >= 0.6 is 0 Å². The number of amides is 3. The summed E-state index contributed by atoms with van der Waals surface area (Å²) in [7, 11) is 7.23. The number of nitrogens with one attached hydrogen (secondary N) is 2. The summed E-state index contributed by atoms with van der Waals surface area (Å²) in [5, 5.41) is 10.4. The number of fused-ring (bicyclic) bond motifs is 2. The van der Waals surface area contributed by atoms with E-state index in [-0.39, 0.29) is 29.5 Å². The van der Waals surface area contributed by atoms with Crippen LogP contribution in [0.3, 0.4) is 0 Å². The van der Waals surface area contributed by atoms with Crippen molar-refractivity contribution < 1.29 is 23.9 Å². The number of nitrogens with two attached hydrogens (primary N) is 2. The summed E-state index contributed by atoms with van der Waals surface area (Å²) in [6.07, 6.45) is 4.60. The molecule has 0 saturated carbocycles. The highest BCUT2D eigenvalue weighted by Gasteiger charge is 2.22. The van der Waals surface area contributed by atoms with E-state index in [1.54, 1.807) is 42.1 Å². The lowest BCUT2D eigenvalue weighted by Crippen LogP contribution is -2.20. The highest BCUT2D eigenvalue weighted by atomic mass is 16.5. The van der Waals surface area contributed by atoms with Gasteiger partial charge in [-0.15, -0.1) is 0 Å². The van der Waals surface area contributed by atoms with Crippen LogP contribution in [-0.4, -0.2) is 92.9 Å². The number of ether oxygens (including phenoxy) is 2. The zero-order chi connectivity index (χ0) is 36.1. The Labute approximate surface area is 289 Å². The number of hydrogen-bond acceptors (Lipinski definition) is 10. The first kappa shape index (κ1) is 35.4. The average Bonchev–Trinajstić information content (AvgIpc) is 3.76. The lowest BCUT2D eigenvalue weighted by atomic mass is 10.1. The van der Waals surface area contributed by atoms with Gasteiger partial charge in [-0.25, -0.2) is 9.97 Å². The minimum atomic E-state index is -0.626. The second-order valence-corrected chi connectivity index (χ2v) is 11.9. The van der Waals surface area contributed by atoms with E-state index in [0.717, 1.165) is 13.0 Å². The Bertz CT molecular complexity index is 2090. The molecule has 5 aromatic rings. The van der Waals surface area contributed by atoms with Crippen molar-refractivity contribution in [2.75, 3.05) is 52.0 Å². The van der Waals surface area contributed by atoms with Crippen molar-refractivity contribution in [3.8, 4) is 11.5 Å². The molecule has 16 heteroatoms. The standard InChI is InChI=1S/C34H43N11O5/c1-7-45-25(15-20(2)41-45)32(48)40-34-39-24-17-22(31(36)47)19-27(50-14-10-11-42(4)5)29(24)44(34)13-9-8-12-43-28-23(38-33(43)37-3)16-21(30(35)46)18-26(28)49-6/h8-9,15-19H,7,10-14H2,1-6H3,(H2,35,46)(H2,36,47)(H,37,38)(H,39,40,48)/b9-8+. The third-order valence-electron chi connectivity index (χ3n) is 8.04. The maximum atomic E-state index is 13.6. The SMILES string of the molecule is CCn1nc(C)cc1C(=O)Nc1nc2cc(C(N)=O)cc(OCCCN(C)C)c2n1C/C=C/Cn1c(NC)nc2cc(C(N)=O)cc(OC)c21. The number of benzene rings is 2. The van der Waals surface area contributed by atoms with Crippen molar-refractivity contribution in [2.45, 2.75) is 39.9 Å². The number of rotatable bonds is 16. The van der Waals surface area contributed by atoms with Gasteiger partial charge in [0.2, 0.25) is 23.7 Å². The van der Waals surface area contributed by atoms with Crippen LogP contribution < -0.4 is 31.6 Å². The fraction of sp³-hybridized carbons (Fsp3) is 0.353. The molecule has 0 atom stereocenters. The summed E-state index contributed by atoms with van der Waals surface area (Å²) in [6, 6.07) is 8.12. The Morgan fingerprint density at radius 3 is 2.04 bits per heavy atom. The Morgan fingerprint density at radius 2 is 1.48 bits per heavy atom. The number of carbonyl (C=O) groups is 3. The van der Waals surface area contributed by atoms with Gasteiger partial charge in [-0.05, 0) is 64.7 Å². The normalized spacial score (nSPS) is 11.6. The first-order valence-electron chi connectivity index (χ1n) is 16.1. The first-order valence-corrected chi connectivity index (χ1v) is 16.1. The fourth-order valence-corrected chi connectivity index (χ4v) is 5.71. The van der Waals surface area contributed by atoms with Crippen LogP contribution in [0.2, 0.25) is 0 Å². The van der Waals surface area contributed by atoms with Gasteiger partial charge in [-0.1, -0.05) is 12.2 Å². The molecule has 3 aromatic heterocycles. The van der Waals surface area contributed by atoms with E-state index in [4.69, 9.17) is 25.9 Å². The predicted octanol–water partition coefficient (Wildman–Crippen LogP) is 3.00. The molecule has 2 aromatic carbocycles. The third-order valence-corrected chi connectivity index (χ3v) is 8.04. The maximum absolute atomic E-state index is 13.6. The molecule has 0 unspecified atom stereocenters. The van der Waals surface area contributed by atoms with Crippen molar-refractivity contribution >= 4 is 51.7 Å². The van der Waals surface area contributed by atoms with Gasteiger partial charge < -0.3 is 40.3 Å². The van der Waals surface area contributed by atoms with Gasteiger partial charge in [0.05, 0.1) is 30.4 Å². The molecule has 50 heavy (non-hydrogen) atoms. The van der Waals surface area contributed by atoms with Crippen molar-refractivity contribution in [2.24, 2.45) is 11.5 Å². The summed E-state index contributed by atoms with van der Waals surface area (Å²) in [5.74, 6) is 0.0770. The molecule has 0 saturated heterocycles. The molecule has 0 aliphatic heterocycles. The summed E-state index contributed by atoms with van der Waals surface area (Å²) in [5.41, 5.74) is 15.1. The number of nitrogens with zero attached hydrogens (tertiary/aromatic N) is 7. The minimum Gasteiger partial charge on any atom is -0.494 e. The van der Waals surface area contributed by atoms with Gasteiger partial charge in [0.15, 0.2) is 0 Å². The summed E-state index contributed by atoms with van der Waals surface area (Å²) in [6.45, 7) is 6.07. The van der Waals surface area contributed by atoms with Crippen LogP contribution in [0.4, 0.5) is 11.9 Å². The number of aryl methyl sites for hydroxylation is 2. The highest BCUT2D eigenvalue weighted by Crippen LogP contribution is 2.33. The van der Waals surface area contributed by atoms with Gasteiger partial charge in [0.25, 0.3) is 5.91 Å². The average molecular weight is 686 g/mol. The number of methoxy groups -OCH3 is 1. The van der Waals surface area contributed by atoms with Crippen molar-refractivity contribution in [3.63, 3.8) is 0 Å². The summed E-state index contributed by atoms with van der Waals surface area (Å²) < 4.78 is 17.2. The van der Waals surface area contributed by atoms with Crippen LogP contribution in [0.15, 0.2) is 42.5 Å². The Kier molecular flexibility index (Phi) is 10.7. The molecule has 0 radical (unpaired) electrons. The van der Waals surface area contributed by atoms with Gasteiger partial charge >= 0.3 is 0 Å². The van der Waals surface area contributed by atoms with E-state index in [0.29, 0.717) is 70.6 Å². The molecule has 0 fully saturated rings. The van der Waals surface area contributed by atoms with Crippen LogP contribution in [-0.2, 0) is 19.6 Å². The van der Waals surface area contributed by atoms with Gasteiger partial charge in [-0.3, -0.25) is 24.4 Å². The van der Waals surface area contributed by atoms with E-state index in [1.807, 2.05) is 49.2 Å². The molecule has 264 valence electrons. The zero-order valence-corrected chi connectivity index (χ0v) is 29.1. The summed E-state index contributed by atoms with van der Waals surface area (Å²) in [4.78, 5) is 49.2. The van der Waals surface area contributed by atoms with E-state index in [1.165, 1.54) is 7.11 Å². The van der Waals surface area contributed by atoms with Crippen molar-refractivity contribution in [1.82, 2.24) is 33.8 Å². The molecule has 6 N–H and O–H groups in total. The van der Waals surface area contributed by atoms with E-state index < -0.39 is 11.8 Å². The van der Waals surface area contributed by atoms with E-state index in [2.05, 4.69) is 25.6 Å². The van der Waals surface area contributed by atoms with Crippen molar-refractivity contribution in [1.29, 1.82) is 0 Å². The number of imidazole rings is 2. The van der Waals surface area contributed by atoms with Crippen LogP contribution in [0.25, 0.3) is 22.1 Å². The quantitative estimate of drug-likeness (QED) is 0.0883. The molecule has 0 aliphatic carbocycles. The second-order valence-electron chi connectivity index (χ2n) is 11.9. The molecule has 16 nitrogen and oxygen atoms in total. The maximum Gasteiger partial charge on any atom is 0.276 e. The number of allylic oxidation sites excluding steroid dienone is 2. The zero-order valence-electron chi connectivity index (χ0n) is 29.1. The van der Waals surface area contributed by atoms with Gasteiger partial charge in [0.1, 0.15) is 28.2 Å². The minimum absolute atomic E-state index is 0.234. The second kappa shape index (κ2) is 15.1. The monoisotopic (exact) mass is 685 g/mol. The third kappa shape index (κ3) is 7.39. The molecule has 0 bridgehead atoms. The molecule has 3 heterocycles. The molecule has 5 rings (SSSR count). The van der Waals surface area contributed by atoms with E-state index in [9.17, 15) is 14.4 Å². The van der Waals surface area contributed by atoms with Crippen molar-refractivity contribution in [3.05, 3.63) is 65.0 Å². The Morgan fingerprint density at radius 1 is 0.900 bits per heavy atom. The van der Waals surface area contributed by atoms with E-state index >= 15 is 0 Å². The predicted molar refractivity (Wildman–Crippen MR) is 191 cm³/mol.